The van der Waals surface area contributed by atoms with Crippen LogP contribution in [-0.2, 0) is 16.1 Å². The molecule has 0 radical (unpaired) electrons. The third kappa shape index (κ3) is 11.1. The van der Waals surface area contributed by atoms with Gasteiger partial charge in [0.05, 0.1) is 13.5 Å². The second kappa shape index (κ2) is 16.5. The largest absolute Gasteiger partial charge is 0.497 e. The maximum Gasteiger partial charge on any atom is 0.329 e. The van der Waals surface area contributed by atoms with Gasteiger partial charge in [-0.1, -0.05) is 102 Å². The molecule has 33 heavy (non-hydrogen) atoms. The number of hydrogen-bond acceptors (Lipinski definition) is 4. The first-order valence-electron chi connectivity index (χ1n) is 13.2. The van der Waals surface area contributed by atoms with E-state index >= 15 is 0 Å². The van der Waals surface area contributed by atoms with E-state index in [1.54, 1.807) is 7.11 Å². The summed E-state index contributed by atoms with van der Waals surface area (Å²) in [4.78, 5) is 18.6. The van der Waals surface area contributed by atoms with Gasteiger partial charge in [0.2, 0.25) is 0 Å². The average Bonchev–Trinajstić information content (AvgIpc) is 2.82. The van der Waals surface area contributed by atoms with Crippen molar-refractivity contribution in [2.24, 2.45) is 0 Å². The van der Waals surface area contributed by atoms with Crippen molar-refractivity contribution in [3.05, 3.63) is 42.0 Å². The average molecular weight is 456 g/mol. The lowest BCUT2D eigenvalue weighted by atomic mass is 10.0. The second-order valence-electron chi connectivity index (χ2n) is 9.15. The molecular formula is C29H45NO3. The minimum atomic E-state index is -0.167. The van der Waals surface area contributed by atoms with Crippen molar-refractivity contribution in [3.8, 4) is 5.75 Å². The van der Waals surface area contributed by atoms with E-state index in [9.17, 15) is 4.79 Å². The first kappa shape index (κ1) is 27.2. The molecule has 0 atom stereocenters. The molecule has 4 heteroatoms. The molecule has 0 aliphatic heterocycles. The minimum absolute atomic E-state index is 0.167. The Labute approximate surface area is 201 Å². The van der Waals surface area contributed by atoms with E-state index in [2.05, 4.69) is 19.9 Å². The van der Waals surface area contributed by atoms with Gasteiger partial charge < -0.3 is 9.57 Å². The summed E-state index contributed by atoms with van der Waals surface area (Å²) in [6.45, 7) is 6.16. The van der Waals surface area contributed by atoms with Crippen LogP contribution in [0.3, 0.4) is 0 Å². The highest BCUT2D eigenvalue weighted by atomic mass is 16.7. The molecule has 0 N–H and O–H groups in total. The van der Waals surface area contributed by atoms with Crippen molar-refractivity contribution in [2.45, 2.75) is 97.3 Å². The Balaban J connectivity index is 1.85. The van der Waals surface area contributed by atoms with Gasteiger partial charge in [-0.05, 0) is 41.3 Å². The molecule has 0 aliphatic carbocycles. The number of rotatable bonds is 18. The molecule has 0 bridgehead atoms. The number of unbranched alkanes of at least 4 members (excludes halogenated alkanes) is 10. The van der Waals surface area contributed by atoms with Gasteiger partial charge in [-0.15, -0.1) is 5.06 Å². The fourth-order valence-corrected chi connectivity index (χ4v) is 4.19. The maximum atomic E-state index is 12.7. The summed E-state index contributed by atoms with van der Waals surface area (Å²) in [6.07, 6.45) is 15.2. The molecular weight excluding hydrogens is 410 g/mol. The van der Waals surface area contributed by atoms with Gasteiger partial charge >= 0.3 is 5.97 Å². The van der Waals surface area contributed by atoms with E-state index in [4.69, 9.17) is 9.57 Å². The highest BCUT2D eigenvalue weighted by molar-refractivity contribution is 5.85. The molecule has 0 heterocycles. The lowest BCUT2D eigenvalue weighted by Gasteiger charge is -2.21. The number of fused-ring (bicyclic) bond motifs is 1. The van der Waals surface area contributed by atoms with E-state index < -0.39 is 0 Å². The number of benzene rings is 2. The molecule has 0 spiro atoms. The fraction of sp³-hybridized carbons (Fsp3) is 0.621. The van der Waals surface area contributed by atoms with Crippen molar-refractivity contribution in [3.63, 3.8) is 0 Å². The Kier molecular flexibility index (Phi) is 13.6. The third-order valence-electron chi connectivity index (χ3n) is 6.21. The molecule has 0 unspecified atom stereocenters. The second-order valence-corrected chi connectivity index (χ2v) is 9.15. The number of ether oxygens (including phenoxy) is 1. The quantitative estimate of drug-likeness (QED) is 0.169. The number of methoxy groups -OCH3 is 1. The predicted molar refractivity (Wildman–Crippen MR) is 139 cm³/mol. The van der Waals surface area contributed by atoms with Gasteiger partial charge in [0.25, 0.3) is 0 Å². The summed E-state index contributed by atoms with van der Waals surface area (Å²) in [5.74, 6) is 0.675. The molecule has 0 fully saturated rings. The van der Waals surface area contributed by atoms with Gasteiger partial charge in [0.15, 0.2) is 0 Å². The number of hydroxylamine groups is 2. The van der Waals surface area contributed by atoms with E-state index in [0.29, 0.717) is 6.42 Å². The van der Waals surface area contributed by atoms with E-state index in [1.165, 1.54) is 64.2 Å². The van der Waals surface area contributed by atoms with Crippen LogP contribution in [0.5, 0.6) is 5.75 Å². The Morgan fingerprint density at radius 2 is 1.27 bits per heavy atom. The van der Waals surface area contributed by atoms with Crippen molar-refractivity contribution in [1.82, 2.24) is 5.06 Å². The number of carbonyl (C=O) groups is 1. The maximum absolute atomic E-state index is 12.7. The summed E-state index contributed by atoms with van der Waals surface area (Å²) >= 11 is 0. The molecule has 0 saturated carbocycles. The molecule has 0 aromatic heterocycles. The molecule has 2 aromatic carbocycles. The normalized spacial score (nSPS) is 11.3. The lowest BCUT2D eigenvalue weighted by molar-refractivity contribution is -0.190. The van der Waals surface area contributed by atoms with Crippen LogP contribution in [0.2, 0.25) is 0 Å². The van der Waals surface area contributed by atoms with Gasteiger partial charge in [0.1, 0.15) is 5.75 Å². The summed E-state index contributed by atoms with van der Waals surface area (Å²) in [5.41, 5.74) is 0.983. The van der Waals surface area contributed by atoms with E-state index in [0.717, 1.165) is 48.0 Å². The fourth-order valence-electron chi connectivity index (χ4n) is 4.19. The summed E-state index contributed by atoms with van der Waals surface area (Å²) in [7, 11) is 1.67. The number of hydrogen-bond donors (Lipinski definition) is 0. The van der Waals surface area contributed by atoms with Crippen LogP contribution >= 0.6 is 0 Å². The Bertz CT molecular complexity index is 789. The molecule has 2 rings (SSSR count). The van der Waals surface area contributed by atoms with Crippen molar-refractivity contribution >= 4 is 16.7 Å². The van der Waals surface area contributed by atoms with Crippen LogP contribution in [0.15, 0.2) is 36.4 Å². The Morgan fingerprint density at radius 3 is 1.88 bits per heavy atom. The van der Waals surface area contributed by atoms with E-state index in [1.807, 2.05) is 35.4 Å². The molecule has 0 amide bonds. The Morgan fingerprint density at radius 1 is 0.727 bits per heavy atom. The van der Waals surface area contributed by atoms with Crippen LogP contribution in [0.25, 0.3) is 10.8 Å². The van der Waals surface area contributed by atoms with E-state index in [-0.39, 0.29) is 5.97 Å². The van der Waals surface area contributed by atoms with Crippen LogP contribution in [0, 0.1) is 0 Å². The third-order valence-corrected chi connectivity index (χ3v) is 6.21. The van der Waals surface area contributed by atoms with Crippen molar-refractivity contribution in [2.75, 3.05) is 20.2 Å². The number of carbonyl (C=O) groups excluding carboxylic acids is 1. The first-order chi connectivity index (χ1) is 16.2. The minimum Gasteiger partial charge on any atom is -0.497 e. The van der Waals surface area contributed by atoms with Crippen molar-refractivity contribution in [1.29, 1.82) is 0 Å². The zero-order chi connectivity index (χ0) is 23.7. The summed E-state index contributed by atoms with van der Waals surface area (Å²) in [5, 5.41) is 4.14. The van der Waals surface area contributed by atoms with Gasteiger partial charge in [0, 0.05) is 13.1 Å². The van der Waals surface area contributed by atoms with Crippen LogP contribution in [0.4, 0.5) is 0 Å². The zero-order valence-electron chi connectivity index (χ0n) is 21.2. The standard InChI is InChI=1S/C29H45NO3/c1-4-6-8-10-12-14-20-30(21-15-13-11-9-7-5-2)33-29(31)23-25-16-17-27-24-28(32-3)19-18-26(27)22-25/h16-19,22,24H,4-15,20-21,23H2,1-3H3. The van der Waals surface area contributed by atoms with Gasteiger partial charge in [-0.2, -0.15) is 0 Å². The van der Waals surface area contributed by atoms with Crippen molar-refractivity contribution < 1.29 is 14.4 Å². The van der Waals surface area contributed by atoms with Gasteiger partial charge in [-0.3, -0.25) is 0 Å². The topological polar surface area (TPSA) is 38.8 Å². The predicted octanol–water partition coefficient (Wildman–Crippen LogP) is 7.87. The molecule has 2 aromatic rings. The first-order valence-corrected chi connectivity index (χ1v) is 13.2. The zero-order valence-corrected chi connectivity index (χ0v) is 21.2. The molecule has 184 valence electrons. The van der Waals surface area contributed by atoms with Crippen LogP contribution < -0.4 is 4.74 Å². The smallest absolute Gasteiger partial charge is 0.329 e. The summed E-state index contributed by atoms with van der Waals surface area (Å²) in [6, 6.07) is 12.1. The Hall–Kier alpha value is -2.07. The summed E-state index contributed by atoms with van der Waals surface area (Å²) < 4.78 is 5.30. The van der Waals surface area contributed by atoms with Crippen LogP contribution in [0.1, 0.15) is 96.5 Å². The molecule has 4 nitrogen and oxygen atoms in total. The van der Waals surface area contributed by atoms with Crippen LogP contribution in [-0.4, -0.2) is 31.2 Å². The lowest BCUT2D eigenvalue weighted by Crippen LogP contribution is -2.30. The monoisotopic (exact) mass is 455 g/mol. The van der Waals surface area contributed by atoms with Gasteiger partial charge in [-0.25, -0.2) is 4.79 Å². The SMILES string of the molecule is CCCCCCCCN(CCCCCCCC)OC(=O)Cc1ccc2cc(OC)ccc2c1. The highest BCUT2D eigenvalue weighted by Crippen LogP contribution is 2.22. The number of nitrogens with zero attached hydrogens (tertiary/aromatic N) is 1. The molecule has 0 aliphatic rings. The molecule has 0 saturated heterocycles. The highest BCUT2D eigenvalue weighted by Gasteiger charge is 2.13.